The second kappa shape index (κ2) is 8.57. The fraction of sp³-hybridized carbons (Fsp3) is 0.556. The Balaban J connectivity index is 2.06. The predicted molar refractivity (Wildman–Crippen MR) is 83.9 cm³/mol. The summed E-state index contributed by atoms with van der Waals surface area (Å²) in [5.41, 5.74) is 0.586. The highest BCUT2D eigenvalue weighted by atomic mass is 16.5. The molecular weight excluding hydrogens is 280 g/mol. The van der Waals surface area contributed by atoms with Gasteiger partial charge in [0.1, 0.15) is 6.10 Å². The van der Waals surface area contributed by atoms with E-state index >= 15 is 0 Å². The standard InChI is InChI=1S/C18H24O4/c1-2-13-21-17(19)15-11-7-8-12-16(15)18(20)22-14-9-5-3-4-6-10-14/h7-8,11-12,14H,2-6,9-10,13H2,1H3. The maximum absolute atomic E-state index is 12.4. The van der Waals surface area contributed by atoms with Crippen molar-refractivity contribution in [3.05, 3.63) is 35.4 Å². The van der Waals surface area contributed by atoms with Crippen molar-refractivity contribution in [2.75, 3.05) is 6.61 Å². The zero-order valence-electron chi connectivity index (χ0n) is 13.2. The summed E-state index contributed by atoms with van der Waals surface area (Å²) in [6.07, 6.45) is 7.14. The summed E-state index contributed by atoms with van der Waals surface area (Å²) < 4.78 is 10.7. The van der Waals surface area contributed by atoms with Crippen LogP contribution in [0.5, 0.6) is 0 Å². The van der Waals surface area contributed by atoms with Crippen molar-refractivity contribution in [3.8, 4) is 0 Å². The third kappa shape index (κ3) is 4.58. The van der Waals surface area contributed by atoms with Crippen molar-refractivity contribution in [2.24, 2.45) is 0 Å². The minimum atomic E-state index is -0.463. The average molecular weight is 304 g/mol. The fourth-order valence-corrected chi connectivity index (χ4v) is 2.69. The van der Waals surface area contributed by atoms with Crippen LogP contribution in [0.25, 0.3) is 0 Å². The Kier molecular flexibility index (Phi) is 6.44. The highest BCUT2D eigenvalue weighted by molar-refractivity contribution is 6.03. The van der Waals surface area contributed by atoms with Gasteiger partial charge in [-0.25, -0.2) is 9.59 Å². The number of esters is 2. The molecule has 0 N–H and O–H groups in total. The van der Waals surface area contributed by atoms with Crippen molar-refractivity contribution in [1.82, 2.24) is 0 Å². The number of carbonyl (C=O) groups excluding carboxylic acids is 2. The molecule has 4 heteroatoms. The van der Waals surface area contributed by atoms with E-state index in [1.54, 1.807) is 24.3 Å². The van der Waals surface area contributed by atoms with Gasteiger partial charge in [0.05, 0.1) is 17.7 Å². The molecule has 0 bridgehead atoms. The zero-order valence-corrected chi connectivity index (χ0v) is 13.2. The maximum atomic E-state index is 12.4. The van der Waals surface area contributed by atoms with Gasteiger partial charge < -0.3 is 9.47 Å². The molecule has 0 radical (unpaired) electrons. The van der Waals surface area contributed by atoms with Gasteiger partial charge in [-0.1, -0.05) is 31.9 Å². The van der Waals surface area contributed by atoms with Crippen LogP contribution in [-0.2, 0) is 9.47 Å². The van der Waals surface area contributed by atoms with E-state index in [4.69, 9.17) is 9.47 Å². The van der Waals surface area contributed by atoms with Crippen LogP contribution < -0.4 is 0 Å². The lowest BCUT2D eigenvalue weighted by Crippen LogP contribution is -2.20. The monoisotopic (exact) mass is 304 g/mol. The van der Waals surface area contributed by atoms with Crippen LogP contribution in [0.4, 0.5) is 0 Å². The van der Waals surface area contributed by atoms with Crippen molar-refractivity contribution in [1.29, 1.82) is 0 Å². The number of carbonyl (C=O) groups is 2. The van der Waals surface area contributed by atoms with E-state index in [2.05, 4.69) is 0 Å². The molecule has 0 spiro atoms. The Hall–Kier alpha value is -1.84. The Bertz CT molecular complexity index is 502. The second-order valence-electron chi connectivity index (χ2n) is 5.70. The molecular formula is C18H24O4. The molecule has 1 aromatic carbocycles. The van der Waals surface area contributed by atoms with Gasteiger partial charge in [-0.3, -0.25) is 0 Å². The number of hydrogen-bond donors (Lipinski definition) is 0. The van der Waals surface area contributed by atoms with Crippen LogP contribution in [0, 0.1) is 0 Å². The SMILES string of the molecule is CCCOC(=O)c1ccccc1C(=O)OC1CCCCCC1. The lowest BCUT2D eigenvalue weighted by atomic mass is 10.1. The summed E-state index contributed by atoms with van der Waals surface area (Å²) in [4.78, 5) is 24.4. The van der Waals surface area contributed by atoms with Crippen LogP contribution in [-0.4, -0.2) is 24.6 Å². The lowest BCUT2D eigenvalue weighted by Gasteiger charge is -2.16. The van der Waals surface area contributed by atoms with Gasteiger partial charge in [0.15, 0.2) is 0 Å². The highest BCUT2D eigenvalue weighted by Crippen LogP contribution is 2.22. The third-order valence-corrected chi connectivity index (χ3v) is 3.88. The number of ether oxygens (including phenoxy) is 2. The molecule has 0 unspecified atom stereocenters. The summed E-state index contributed by atoms with van der Waals surface area (Å²) in [5, 5.41) is 0. The van der Waals surface area contributed by atoms with E-state index in [0.29, 0.717) is 12.2 Å². The Morgan fingerprint density at radius 2 is 1.59 bits per heavy atom. The van der Waals surface area contributed by atoms with Crippen molar-refractivity contribution in [3.63, 3.8) is 0 Å². The van der Waals surface area contributed by atoms with E-state index in [1.807, 2.05) is 6.92 Å². The average Bonchev–Trinajstić information content (AvgIpc) is 2.81. The number of hydrogen-bond acceptors (Lipinski definition) is 4. The fourth-order valence-electron chi connectivity index (χ4n) is 2.69. The van der Waals surface area contributed by atoms with Crippen LogP contribution in [0.2, 0.25) is 0 Å². The molecule has 120 valence electrons. The van der Waals surface area contributed by atoms with Crippen LogP contribution in [0.1, 0.15) is 72.6 Å². The van der Waals surface area contributed by atoms with E-state index in [-0.39, 0.29) is 11.7 Å². The molecule has 22 heavy (non-hydrogen) atoms. The van der Waals surface area contributed by atoms with Crippen molar-refractivity contribution in [2.45, 2.75) is 58.0 Å². The van der Waals surface area contributed by atoms with Crippen LogP contribution in [0.3, 0.4) is 0 Å². The first-order valence-electron chi connectivity index (χ1n) is 8.19. The lowest BCUT2D eigenvalue weighted by molar-refractivity contribution is 0.0258. The number of benzene rings is 1. The topological polar surface area (TPSA) is 52.6 Å². The molecule has 1 saturated carbocycles. The van der Waals surface area contributed by atoms with Gasteiger partial charge in [0, 0.05) is 0 Å². The van der Waals surface area contributed by atoms with Gasteiger partial charge >= 0.3 is 11.9 Å². The van der Waals surface area contributed by atoms with E-state index < -0.39 is 11.9 Å². The number of rotatable bonds is 5. The van der Waals surface area contributed by atoms with E-state index in [1.165, 1.54) is 12.8 Å². The Labute approximate surface area is 131 Å². The summed E-state index contributed by atoms with van der Waals surface area (Å²) in [5.74, 6) is -0.883. The van der Waals surface area contributed by atoms with Gasteiger partial charge in [-0.2, -0.15) is 0 Å². The van der Waals surface area contributed by atoms with Crippen molar-refractivity contribution >= 4 is 11.9 Å². The summed E-state index contributed by atoms with van der Waals surface area (Å²) >= 11 is 0. The van der Waals surface area contributed by atoms with Gasteiger partial charge in [-0.15, -0.1) is 0 Å². The zero-order chi connectivity index (χ0) is 15.8. The molecule has 0 aromatic heterocycles. The minimum Gasteiger partial charge on any atom is -0.462 e. The van der Waals surface area contributed by atoms with Crippen molar-refractivity contribution < 1.29 is 19.1 Å². The summed E-state index contributed by atoms with van der Waals surface area (Å²) in [6.45, 7) is 2.28. The molecule has 0 atom stereocenters. The first-order valence-corrected chi connectivity index (χ1v) is 8.19. The van der Waals surface area contributed by atoms with E-state index in [9.17, 15) is 9.59 Å². The highest BCUT2D eigenvalue weighted by Gasteiger charge is 2.22. The smallest absolute Gasteiger partial charge is 0.339 e. The molecule has 1 aliphatic carbocycles. The van der Waals surface area contributed by atoms with Gasteiger partial charge in [0.2, 0.25) is 0 Å². The maximum Gasteiger partial charge on any atom is 0.339 e. The Morgan fingerprint density at radius 1 is 1.00 bits per heavy atom. The molecule has 0 aliphatic heterocycles. The van der Waals surface area contributed by atoms with Crippen LogP contribution >= 0.6 is 0 Å². The summed E-state index contributed by atoms with van der Waals surface area (Å²) in [6, 6.07) is 6.70. The molecule has 0 saturated heterocycles. The second-order valence-corrected chi connectivity index (χ2v) is 5.70. The molecule has 1 aromatic rings. The molecule has 1 aliphatic rings. The molecule has 0 heterocycles. The Morgan fingerprint density at radius 3 is 2.18 bits per heavy atom. The first-order chi connectivity index (χ1) is 10.7. The summed E-state index contributed by atoms with van der Waals surface area (Å²) in [7, 11) is 0. The third-order valence-electron chi connectivity index (χ3n) is 3.88. The van der Waals surface area contributed by atoms with Gasteiger partial charge in [-0.05, 0) is 44.2 Å². The molecule has 0 amide bonds. The molecule has 1 fully saturated rings. The minimum absolute atomic E-state index is 0.0327. The van der Waals surface area contributed by atoms with E-state index in [0.717, 1.165) is 32.1 Å². The van der Waals surface area contributed by atoms with Gasteiger partial charge in [0.25, 0.3) is 0 Å². The largest absolute Gasteiger partial charge is 0.462 e. The van der Waals surface area contributed by atoms with Crippen LogP contribution in [0.15, 0.2) is 24.3 Å². The molecule has 4 nitrogen and oxygen atoms in total. The first kappa shape index (κ1) is 16.5. The molecule has 2 rings (SSSR count). The normalized spacial score (nSPS) is 15.9. The predicted octanol–water partition coefficient (Wildman–Crippen LogP) is 4.13. The quantitative estimate of drug-likeness (QED) is 0.606.